The van der Waals surface area contributed by atoms with Crippen LogP contribution in [-0.2, 0) is 6.42 Å². The van der Waals surface area contributed by atoms with Crippen LogP contribution in [0.5, 0.6) is 0 Å². The van der Waals surface area contributed by atoms with Crippen LogP contribution in [0.25, 0.3) is 44.0 Å². The standard InChI is InChI=1S/C36H33N5S2/c1-2-3-4-5-6-8-11-25-14-18-28(19-15-25)41(27-12-9-7-10-13-27)29-20-16-26(17-21-29)31-24-33-35(39-43-38-33)30-22-23-32-36(34(30)31)40-42-37-32/h7,9-10,12-24H,2-6,8,11H2,1H3. The van der Waals surface area contributed by atoms with Gasteiger partial charge in [-0.25, -0.2) is 0 Å². The zero-order valence-corrected chi connectivity index (χ0v) is 25.9. The Labute approximate surface area is 260 Å². The van der Waals surface area contributed by atoms with E-state index in [1.807, 2.05) is 6.07 Å². The maximum absolute atomic E-state index is 4.67. The molecule has 7 rings (SSSR count). The second-order valence-corrected chi connectivity index (χ2v) is 12.1. The molecule has 0 saturated heterocycles. The van der Waals surface area contributed by atoms with Crippen LogP contribution in [0.15, 0.2) is 97.1 Å². The van der Waals surface area contributed by atoms with E-state index < -0.39 is 0 Å². The van der Waals surface area contributed by atoms with E-state index in [1.165, 1.54) is 67.5 Å². The number of rotatable bonds is 11. The molecule has 0 unspecified atom stereocenters. The van der Waals surface area contributed by atoms with E-state index in [4.69, 9.17) is 0 Å². The number of unbranched alkanes of at least 4 members (excludes halogenated alkanes) is 5. The second-order valence-electron chi connectivity index (χ2n) is 11.1. The lowest BCUT2D eigenvalue weighted by Crippen LogP contribution is -2.09. The van der Waals surface area contributed by atoms with E-state index in [0.29, 0.717) is 0 Å². The van der Waals surface area contributed by atoms with Crippen molar-refractivity contribution in [2.75, 3.05) is 4.90 Å². The van der Waals surface area contributed by atoms with Gasteiger partial charge in [0.25, 0.3) is 0 Å². The molecule has 0 radical (unpaired) electrons. The summed E-state index contributed by atoms with van der Waals surface area (Å²) < 4.78 is 18.3. The summed E-state index contributed by atoms with van der Waals surface area (Å²) in [6.45, 7) is 2.27. The Hall–Kier alpha value is -4.20. The maximum Gasteiger partial charge on any atom is 0.113 e. The first-order valence-electron chi connectivity index (χ1n) is 15.1. The van der Waals surface area contributed by atoms with Crippen LogP contribution in [0.1, 0.15) is 51.0 Å². The van der Waals surface area contributed by atoms with Gasteiger partial charge in [-0.05, 0) is 84.1 Å². The molecule has 0 fully saturated rings. The molecule has 43 heavy (non-hydrogen) atoms. The van der Waals surface area contributed by atoms with Crippen molar-refractivity contribution in [2.45, 2.75) is 51.9 Å². The molecule has 7 aromatic rings. The molecule has 7 heteroatoms. The van der Waals surface area contributed by atoms with Crippen LogP contribution >= 0.6 is 23.5 Å². The molecule has 5 nitrogen and oxygen atoms in total. The van der Waals surface area contributed by atoms with E-state index >= 15 is 0 Å². The van der Waals surface area contributed by atoms with Crippen molar-refractivity contribution < 1.29 is 0 Å². The minimum absolute atomic E-state index is 0.908. The molecule has 0 aliphatic rings. The topological polar surface area (TPSA) is 54.8 Å². The van der Waals surface area contributed by atoms with Crippen molar-refractivity contribution in [2.24, 2.45) is 0 Å². The molecule has 0 N–H and O–H groups in total. The molecule has 5 aromatic carbocycles. The van der Waals surface area contributed by atoms with Gasteiger partial charge in [-0.1, -0.05) is 81.5 Å². The first-order valence-corrected chi connectivity index (χ1v) is 16.6. The van der Waals surface area contributed by atoms with Gasteiger partial charge in [-0.2, -0.15) is 17.5 Å². The Morgan fingerprint density at radius 2 is 1.23 bits per heavy atom. The summed E-state index contributed by atoms with van der Waals surface area (Å²) in [6.07, 6.45) is 9.07. The van der Waals surface area contributed by atoms with Crippen LogP contribution in [0.2, 0.25) is 0 Å². The van der Waals surface area contributed by atoms with Gasteiger partial charge in [0, 0.05) is 27.8 Å². The van der Waals surface area contributed by atoms with E-state index in [9.17, 15) is 0 Å². The number of hydrogen-bond donors (Lipinski definition) is 0. The zero-order valence-electron chi connectivity index (χ0n) is 24.2. The first kappa shape index (κ1) is 27.6. The highest BCUT2D eigenvalue weighted by molar-refractivity contribution is 7.00. The monoisotopic (exact) mass is 599 g/mol. The Morgan fingerprint density at radius 1 is 0.581 bits per heavy atom. The van der Waals surface area contributed by atoms with Crippen molar-refractivity contribution in [1.82, 2.24) is 17.5 Å². The van der Waals surface area contributed by atoms with Gasteiger partial charge in [-0.3, -0.25) is 0 Å². The lowest BCUT2D eigenvalue weighted by molar-refractivity contribution is 0.607. The maximum atomic E-state index is 4.67. The molecule has 0 aliphatic carbocycles. The third kappa shape index (κ3) is 5.63. The van der Waals surface area contributed by atoms with Crippen molar-refractivity contribution in [3.8, 4) is 11.1 Å². The fraction of sp³-hybridized carbons (Fsp3) is 0.222. The second kappa shape index (κ2) is 12.6. The van der Waals surface area contributed by atoms with Crippen molar-refractivity contribution in [3.63, 3.8) is 0 Å². The zero-order chi connectivity index (χ0) is 29.0. The largest absolute Gasteiger partial charge is 0.311 e. The molecule has 214 valence electrons. The predicted octanol–water partition coefficient (Wildman–Crippen LogP) is 10.9. The average Bonchev–Trinajstić information content (AvgIpc) is 3.74. The lowest BCUT2D eigenvalue weighted by Gasteiger charge is -2.26. The summed E-state index contributed by atoms with van der Waals surface area (Å²) in [4.78, 5) is 2.33. The average molecular weight is 600 g/mol. The van der Waals surface area contributed by atoms with Crippen molar-refractivity contribution in [1.29, 1.82) is 0 Å². The van der Waals surface area contributed by atoms with Crippen molar-refractivity contribution in [3.05, 3.63) is 103 Å². The van der Waals surface area contributed by atoms with Crippen LogP contribution in [0.4, 0.5) is 17.1 Å². The number of benzene rings is 5. The van der Waals surface area contributed by atoms with E-state index in [2.05, 4.69) is 120 Å². The number of aromatic nitrogens is 4. The van der Waals surface area contributed by atoms with Gasteiger partial charge in [-0.15, -0.1) is 0 Å². The normalized spacial score (nSPS) is 11.6. The number of nitrogens with zero attached hydrogens (tertiary/aromatic N) is 5. The highest BCUT2D eigenvalue weighted by Gasteiger charge is 2.17. The highest BCUT2D eigenvalue weighted by Crippen LogP contribution is 2.40. The molecule has 0 amide bonds. The van der Waals surface area contributed by atoms with Gasteiger partial charge in [0.15, 0.2) is 0 Å². The number of anilines is 3. The number of hydrogen-bond acceptors (Lipinski definition) is 7. The Morgan fingerprint density at radius 3 is 2.00 bits per heavy atom. The fourth-order valence-electron chi connectivity index (χ4n) is 5.97. The quantitative estimate of drug-likeness (QED) is 0.138. The van der Waals surface area contributed by atoms with Crippen LogP contribution in [-0.4, -0.2) is 17.5 Å². The van der Waals surface area contributed by atoms with Crippen LogP contribution in [0, 0.1) is 0 Å². The summed E-state index contributed by atoms with van der Waals surface area (Å²) in [5.41, 5.74) is 10.7. The van der Waals surface area contributed by atoms with Gasteiger partial charge >= 0.3 is 0 Å². The van der Waals surface area contributed by atoms with Gasteiger partial charge in [0.05, 0.1) is 23.5 Å². The molecular formula is C36H33N5S2. The van der Waals surface area contributed by atoms with Crippen LogP contribution in [0.3, 0.4) is 0 Å². The molecule has 0 saturated carbocycles. The Bertz CT molecular complexity index is 1960. The minimum Gasteiger partial charge on any atom is -0.311 e. The fourth-order valence-corrected chi connectivity index (χ4v) is 7.05. The third-order valence-electron chi connectivity index (χ3n) is 8.21. The summed E-state index contributed by atoms with van der Waals surface area (Å²) >= 11 is 2.50. The molecular weight excluding hydrogens is 567 g/mol. The Kier molecular flexibility index (Phi) is 8.08. The van der Waals surface area contributed by atoms with Gasteiger partial charge in [0.1, 0.15) is 22.1 Å². The molecule has 2 aromatic heterocycles. The van der Waals surface area contributed by atoms with E-state index in [1.54, 1.807) is 0 Å². The van der Waals surface area contributed by atoms with Crippen molar-refractivity contribution >= 4 is 73.4 Å². The number of fused-ring (bicyclic) bond motifs is 5. The molecule has 0 atom stereocenters. The lowest BCUT2D eigenvalue weighted by atomic mass is 9.95. The smallest absolute Gasteiger partial charge is 0.113 e. The Balaban J connectivity index is 1.22. The summed E-state index contributed by atoms with van der Waals surface area (Å²) in [5, 5.41) is 2.15. The predicted molar refractivity (Wildman–Crippen MR) is 183 cm³/mol. The highest BCUT2D eigenvalue weighted by atomic mass is 32.1. The SMILES string of the molecule is CCCCCCCCc1ccc(N(c2ccccc2)c2ccc(-c3cc4nsnc4c4ccc5nsnc5c34)cc2)cc1. The van der Waals surface area contributed by atoms with Gasteiger partial charge in [0.2, 0.25) is 0 Å². The summed E-state index contributed by atoms with van der Waals surface area (Å²) in [5.74, 6) is 0. The van der Waals surface area contributed by atoms with Crippen LogP contribution < -0.4 is 4.90 Å². The van der Waals surface area contributed by atoms with E-state index in [-0.39, 0.29) is 0 Å². The van der Waals surface area contributed by atoms with Gasteiger partial charge < -0.3 is 4.90 Å². The number of para-hydroxylation sites is 1. The molecule has 0 bridgehead atoms. The van der Waals surface area contributed by atoms with E-state index in [0.717, 1.165) is 67.4 Å². The molecule has 0 spiro atoms. The molecule has 0 aliphatic heterocycles. The number of aryl methyl sites for hydroxylation is 1. The molecule has 2 heterocycles. The first-order chi connectivity index (χ1) is 21.3. The minimum atomic E-state index is 0.908. The summed E-state index contributed by atoms with van der Waals surface area (Å²) in [6, 6.07) is 34.8. The summed E-state index contributed by atoms with van der Waals surface area (Å²) in [7, 11) is 0. The third-order valence-corrected chi connectivity index (χ3v) is 9.30.